The van der Waals surface area contributed by atoms with Crippen LogP contribution in [0.25, 0.3) is 0 Å². The van der Waals surface area contributed by atoms with Gasteiger partial charge in [0.1, 0.15) is 12.4 Å². The highest BCUT2D eigenvalue weighted by molar-refractivity contribution is 9.10. The van der Waals surface area contributed by atoms with Gasteiger partial charge in [-0.05, 0) is 44.5 Å². The normalized spacial score (nSPS) is 22.7. The number of ether oxygens (including phenoxy) is 1. The predicted molar refractivity (Wildman–Crippen MR) is 87.4 cm³/mol. The molecule has 2 rings (SSSR count). The molecule has 1 N–H and O–H groups in total. The van der Waals surface area contributed by atoms with Crippen LogP contribution in [0.1, 0.15) is 27.2 Å². The molecule has 1 aromatic carbocycles. The Kier molecular flexibility index (Phi) is 5.47. The molecule has 1 unspecified atom stereocenters. The Balaban J connectivity index is 1.83. The van der Waals surface area contributed by atoms with Gasteiger partial charge in [0, 0.05) is 35.7 Å². The molecule has 0 saturated carbocycles. The molecule has 1 heterocycles. The maximum absolute atomic E-state index is 5.84. The molecule has 1 fully saturated rings. The molecule has 0 spiro atoms. The predicted octanol–water partition coefficient (Wildman–Crippen LogP) is 3.29. The SMILES string of the molecule is CCC1CN(CCOc2ccc(Br)cc2)C(C)(C)CN1. The number of piperazine rings is 1. The zero-order valence-electron chi connectivity index (χ0n) is 12.7. The number of nitrogens with one attached hydrogen (secondary N) is 1. The van der Waals surface area contributed by atoms with Gasteiger partial charge in [-0.15, -0.1) is 0 Å². The molecule has 0 aromatic heterocycles. The molecule has 0 aliphatic carbocycles. The first kappa shape index (κ1) is 15.8. The summed E-state index contributed by atoms with van der Waals surface area (Å²) in [6.45, 7) is 10.7. The second kappa shape index (κ2) is 6.92. The number of halogens is 1. The van der Waals surface area contributed by atoms with Crippen molar-refractivity contribution < 1.29 is 4.74 Å². The third-order valence-corrected chi connectivity index (χ3v) is 4.59. The molecule has 1 atom stereocenters. The maximum atomic E-state index is 5.84. The lowest BCUT2D eigenvalue weighted by Gasteiger charge is -2.46. The lowest BCUT2D eigenvalue weighted by Crippen LogP contribution is -2.62. The van der Waals surface area contributed by atoms with Crippen LogP contribution in [-0.2, 0) is 0 Å². The molecule has 0 amide bonds. The number of hydrogen-bond acceptors (Lipinski definition) is 3. The highest BCUT2D eigenvalue weighted by Gasteiger charge is 2.32. The topological polar surface area (TPSA) is 24.5 Å². The average molecular weight is 341 g/mol. The standard InChI is InChI=1S/C16H25BrN2O/c1-4-14-11-19(16(2,3)12-18-14)9-10-20-15-7-5-13(17)6-8-15/h5-8,14,18H,4,9-12H2,1-3H3. The van der Waals surface area contributed by atoms with E-state index in [9.17, 15) is 0 Å². The average Bonchev–Trinajstić information content (AvgIpc) is 2.43. The Hall–Kier alpha value is -0.580. The van der Waals surface area contributed by atoms with Crippen LogP contribution >= 0.6 is 15.9 Å². The summed E-state index contributed by atoms with van der Waals surface area (Å²) in [6, 6.07) is 8.63. The molecule has 0 bridgehead atoms. The molecule has 20 heavy (non-hydrogen) atoms. The molecule has 3 nitrogen and oxygen atoms in total. The fourth-order valence-corrected chi connectivity index (χ4v) is 2.82. The van der Waals surface area contributed by atoms with Crippen LogP contribution in [0, 0.1) is 0 Å². The number of hydrogen-bond donors (Lipinski definition) is 1. The van der Waals surface area contributed by atoms with Gasteiger partial charge in [-0.3, -0.25) is 4.90 Å². The van der Waals surface area contributed by atoms with E-state index in [-0.39, 0.29) is 5.54 Å². The Labute approximate surface area is 130 Å². The first-order valence-electron chi connectivity index (χ1n) is 7.38. The van der Waals surface area contributed by atoms with Gasteiger partial charge < -0.3 is 10.1 Å². The molecule has 1 aliphatic rings. The lowest BCUT2D eigenvalue weighted by molar-refractivity contribution is 0.0521. The lowest BCUT2D eigenvalue weighted by atomic mass is 9.96. The summed E-state index contributed by atoms with van der Waals surface area (Å²) >= 11 is 3.43. The fourth-order valence-electron chi connectivity index (χ4n) is 2.56. The summed E-state index contributed by atoms with van der Waals surface area (Å²) in [6.07, 6.45) is 1.18. The smallest absolute Gasteiger partial charge is 0.119 e. The Morgan fingerprint density at radius 1 is 1.35 bits per heavy atom. The molecule has 112 valence electrons. The van der Waals surface area contributed by atoms with E-state index in [4.69, 9.17) is 4.74 Å². The van der Waals surface area contributed by atoms with Crippen LogP contribution in [0.5, 0.6) is 5.75 Å². The summed E-state index contributed by atoms with van der Waals surface area (Å²) in [5, 5.41) is 3.62. The van der Waals surface area contributed by atoms with Gasteiger partial charge in [0.15, 0.2) is 0 Å². The summed E-state index contributed by atoms with van der Waals surface area (Å²) in [5.41, 5.74) is 0.203. The first-order valence-corrected chi connectivity index (χ1v) is 8.17. The van der Waals surface area contributed by atoms with Crippen molar-refractivity contribution in [2.75, 3.05) is 26.2 Å². The van der Waals surface area contributed by atoms with Crippen LogP contribution in [0.4, 0.5) is 0 Å². The Bertz CT molecular complexity index is 419. The van der Waals surface area contributed by atoms with Crippen molar-refractivity contribution in [3.63, 3.8) is 0 Å². The third-order valence-electron chi connectivity index (χ3n) is 4.06. The van der Waals surface area contributed by atoms with Gasteiger partial charge in [0.2, 0.25) is 0 Å². The van der Waals surface area contributed by atoms with Crippen molar-refractivity contribution in [1.82, 2.24) is 10.2 Å². The van der Waals surface area contributed by atoms with Crippen molar-refractivity contribution in [2.24, 2.45) is 0 Å². The Morgan fingerprint density at radius 2 is 2.05 bits per heavy atom. The van der Waals surface area contributed by atoms with Crippen molar-refractivity contribution >= 4 is 15.9 Å². The molecular weight excluding hydrogens is 316 g/mol. The number of benzene rings is 1. The monoisotopic (exact) mass is 340 g/mol. The Morgan fingerprint density at radius 3 is 2.70 bits per heavy atom. The van der Waals surface area contributed by atoms with E-state index >= 15 is 0 Å². The van der Waals surface area contributed by atoms with Gasteiger partial charge in [-0.1, -0.05) is 22.9 Å². The van der Waals surface area contributed by atoms with Gasteiger partial charge in [-0.2, -0.15) is 0 Å². The van der Waals surface area contributed by atoms with Crippen molar-refractivity contribution in [3.05, 3.63) is 28.7 Å². The number of nitrogens with zero attached hydrogens (tertiary/aromatic N) is 1. The van der Waals surface area contributed by atoms with Crippen LogP contribution in [0.3, 0.4) is 0 Å². The quantitative estimate of drug-likeness (QED) is 0.889. The molecule has 1 aromatic rings. The van der Waals surface area contributed by atoms with E-state index in [0.717, 1.165) is 36.5 Å². The minimum Gasteiger partial charge on any atom is -0.492 e. The van der Waals surface area contributed by atoms with Crippen molar-refractivity contribution in [3.8, 4) is 5.75 Å². The van der Waals surface area contributed by atoms with Gasteiger partial charge in [0.25, 0.3) is 0 Å². The molecule has 4 heteroatoms. The van der Waals surface area contributed by atoms with Gasteiger partial charge in [0.05, 0.1) is 0 Å². The van der Waals surface area contributed by atoms with Crippen LogP contribution in [0.15, 0.2) is 28.7 Å². The van der Waals surface area contributed by atoms with Crippen LogP contribution < -0.4 is 10.1 Å². The second-order valence-electron chi connectivity index (χ2n) is 6.05. The second-order valence-corrected chi connectivity index (χ2v) is 6.96. The minimum absolute atomic E-state index is 0.203. The maximum Gasteiger partial charge on any atom is 0.119 e. The highest BCUT2D eigenvalue weighted by Crippen LogP contribution is 2.20. The van der Waals surface area contributed by atoms with Gasteiger partial charge in [-0.25, -0.2) is 0 Å². The zero-order chi connectivity index (χ0) is 14.6. The fraction of sp³-hybridized carbons (Fsp3) is 0.625. The number of rotatable bonds is 5. The minimum atomic E-state index is 0.203. The van der Waals surface area contributed by atoms with Crippen molar-refractivity contribution in [1.29, 1.82) is 0 Å². The summed E-state index contributed by atoms with van der Waals surface area (Å²) in [7, 11) is 0. The van der Waals surface area contributed by atoms with Gasteiger partial charge >= 0.3 is 0 Å². The van der Waals surface area contributed by atoms with Crippen LogP contribution in [-0.4, -0.2) is 42.7 Å². The largest absolute Gasteiger partial charge is 0.492 e. The van der Waals surface area contributed by atoms with Crippen LogP contribution in [0.2, 0.25) is 0 Å². The van der Waals surface area contributed by atoms with E-state index in [0.29, 0.717) is 6.04 Å². The third kappa shape index (κ3) is 4.21. The van der Waals surface area contributed by atoms with E-state index in [1.807, 2.05) is 24.3 Å². The molecular formula is C16H25BrN2O. The van der Waals surface area contributed by atoms with Crippen molar-refractivity contribution in [2.45, 2.75) is 38.8 Å². The molecule has 1 aliphatic heterocycles. The highest BCUT2D eigenvalue weighted by atomic mass is 79.9. The summed E-state index contributed by atoms with van der Waals surface area (Å²) < 4.78 is 6.93. The van der Waals surface area contributed by atoms with E-state index in [1.54, 1.807) is 0 Å². The molecule has 0 radical (unpaired) electrons. The zero-order valence-corrected chi connectivity index (χ0v) is 14.2. The van der Waals surface area contributed by atoms with E-state index in [1.165, 1.54) is 6.42 Å². The van der Waals surface area contributed by atoms with E-state index in [2.05, 4.69) is 46.9 Å². The summed E-state index contributed by atoms with van der Waals surface area (Å²) in [5.74, 6) is 0.938. The van der Waals surface area contributed by atoms with E-state index < -0.39 is 0 Å². The molecule has 1 saturated heterocycles. The first-order chi connectivity index (χ1) is 9.51. The summed E-state index contributed by atoms with van der Waals surface area (Å²) in [4.78, 5) is 2.54.